The smallest absolute Gasteiger partial charge is 0.306 e. The zero-order valence-electron chi connectivity index (χ0n) is 46.0. The lowest BCUT2D eigenvalue weighted by atomic mass is 10.0. The maximum absolute atomic E-state index is 12.8. The Kier molecular flexibility index (Phi) is 55.3. The first-order chi connectivity index (χ1) is 34.5. The van der Waals surface area contributed by atoms with Gasteiger partial charge in [-0.1, -0.05) is 260 Å². The first kappa shape index (κ1) is 66.6. The van der Waals surface area contributed by atoms with E-state index in [1.165, 1.54) is 148 Å². The van der Waals surface area contributed by atoms with Crippen LogP contribution in [0.2, 0.25) is 0 Å². The van der Waals surface area contributed by atoms with E-state index in [0.29, 0.717) is 19.3 Å². The summed E-state index contributed by atoms with van der Waals surface area (Å²) in [5.41, 5.74) is 0. The number of rotatable bonds is 53. The molecule has 0 aromatic rings. The minimum atomic E-state index is -0.809. The summed E-state index contributed by atoms with van der Waals surface area (Å²) in [5, 5.41) is 0. The number of hydrogen-bond acceptors (Lipinski definition) is 6. The Balaban J connectivity index is 4.46. The van der Waals surface area contributed by atoms with Gasteiger partial charge in [-0.3, -0.25) is 14.4 Å². The van der Waals surface area contributed by atoms with E-state index in [1.54, 1.807) is 0 Å². The number of allylic oxidation sites excluding steroid dienone is 14. The predicted molar refractivity (Wildman–Crippen MR) is 302 cm³/mol. The average Bonchev–Trinajstić information content (AvgIpc) is 3.36. The van der Waals surface area contributed by atoms with Gasteiger partial charge in [0.05, 0.1) is 0 Å². The molecule has 0 unspecified atom stereocenters. The van der Waals surface area contributed by atoms with Gasteiger partial charge in [0.2, 0.25) is 0 Å². The van der Waals surface area contributed by atoms with E-state index < -0.39 is 6.10 Å². The fourth-order valence-electron chi connectivity index (χ4n) is 8.22. The van der Waals surface area contributed by atoms with Gasteiger partial charge >= 0.3 is 17.9 Å². The Morgan fingerprint density at radius 1 is 0.300 bits per heavy atom. The number of hydrogen-bond donors (Lipinski definition) is 0. The normalized spacial score (nSPS) is 12.7. The summed E-state index contributed by atoms with van der Waals surface area (Å²) in [7, 11) is 0. The van der Waals surface area contributed by atoms with Crippen LogP contribution in [-0.2, 0) is 28.6 Å². The lowest BCUT2D eigenvalue weighted by Crippen LogP contribution is -2.30. The molecule has 0 aliphatic carbocycles. The second-order valence-corrected chi connectivity index (χ2v) is 19.5. The molecule has 0 radical (unpaired) electrons. The van der Waals surface area contributed by atoms with Crippen LogP contribution in [0.15, 0.2) is 85.1 Å². The molecule has 0 aromatic carbocycles. The van der Waals surface area contributed by atoms with Crippen molar-refractivity contribution in [2.75, 3.05) is 13.2 Å². The lowest BCUT2D eigenvalue weighted by Gasteiger charge is -2.18. The molecule has 0 saturated carbocycles. The molecular formula is C64H110O6. The molecule has 0 bridgehead atoms. The second-order valence-electron chi connectivity index (χ2n) is 19.5. The molecule has 0 amide bonds. The van der Waals surface area contributed by atoms with Gasteiger partial charge in [0.1, 0.15) is 13.2 Å². The maximum Gasteiger partial charge on any atom is 0.306 e. The summed E-state index contributed by atoms with van der Waals surface area (Å²) >= 11 is 0. The monoisotopic (exact) mass is 975 g/mol. The van der Waals surface area contributed by atoms with E-state index in [1.807, 2.05) is 0 Å². The zero-order valence-corrected chi connectivity index (χ0v) is 46.0. The summed E-state index contributed by atoms with van der Waals surface area (Å²) in [6.45, 7) is 6.47. The van der Waals surface area contributed by atoms with Crippen LogP contribution < -0.4 is 0 Å². The van der Waals surface area contributed by atoms with Crippen LogP contribution in [0.5, 0.6) is 0 Å². The van der Waals surface area contributed by atoms with E-state index in [2.05, 4.69) is 106 Å². The van der Waals surface area contributed by atoms with E-state index in [0.717, 1.165) is 89.9 Å². The van der Waals surface area contributed by atoms with Crippen molar-refractivity contribution in [3.05, 3.63) is 85.1 Å². The summed E-state index contributed by atoms with van der Waals surface area (Å²) in [6, 6.07) is 0. The van der Waals surface area contributed by atoms with Gasteiger partial charge in [0.25, 0.3) is 0 Å². The molecular weight excluding hydrogens is 865 g/mol. The Morgan fingerprint density at radius 2 is 0.571 bits per heavy atom. The van der Waals surface area contributed by atoms with Gasteiger partial charge in [-0.2, -0.15) is 0 Å². The van der Waals surface area contributed by atoms with E-state index in [4.69, 9.17) is 14.2 Å². The van der Waals surface area contributed by atoms with Crippen LogP contribution in [0.1, 0.15) is 284 Å². The molecule has 0 aromatic heterocycles. The van der Waals surface area contributed by atoms with Crippen molar-refractivity contribution in [2.45, 2.75) is 290 Å². The maximum atomic E-state index is 12.8. The summed E-state index contributed by atoms with van der Waals surface area (Å²) in [5.74, 6) is -0.957. The van der Waals surface area contributed by atoms with Gasteiger partial charge in [0, 0.05) is 19.3 Å². The second kappa shape index (κ2) is 58.2. The van der Waals surface area contributed by atoms with Crippen LogP contribution in [0, 0.1) is 0 Å². The van der Waals surface area contributed by atoms with Gasteiger partial charge in [-0.15, -0.1) is 0 Å². The molecule has 402 valence electrons. The van der Waals surface area contributed by atoms with Crippen molar-refractivity contribution in [3.63, 3.8) is 0 Å². The van der Waals surface area contributed by atoms with Crippen LogP contribution in [0.4, 0.5) is 0 Å². The first-order valence-electron chi connectivity index (χ1n) is 29.6. The van der Waals surface area contributed by atoms with E-state index >= 15 is 0 Å². The van der Waals surface area contributed by atoms with Crippen molar-refractivity contribution in [3.8, 4) is 0 Å². The van der Waals surface area contributed by atoms with Crippen LogP contribution in [0.25, 0.3) is 0 Å². The number of carbonyl (C=O) groups is 3. The number of ether oxygens (including phenoxy) is 3. The molecule has 6 nitrogen and oxygen atoms in total. The SMILES string of the molecule is CC/C=C\C/C=C\C/C=C\C/C=C\C/C=C\CCCC(=O)O[C@H](COC(=O)CCCCCCCCC/C=C\C/C=C\CCCCC)COC(=O)CCCCCCCCCCCCCCCCCCCC. The van der Waals surface area contributed by atoms with Crippen LogP contribution >= 0.6 is 0 Å². The molecule has 6 heteroatoms. The molecule has 0 fully saturated rings. The van der Waals surface area contributed by atoms with Gasteiger partial charge in [0.15, 0.2) is 6.10 Å². The highest BCUT2D eigenvalue weighted by Gasteiger charge is 2.19. The molecule has 0 spiro atoms. The third-order valence-electron chi connectivity index (χ3n) is 12.6. The standard InChI is InChI=1S/C64H110O6/c1-4-7-10-13-16-19-22-25-28-31-34-36-39-42-45-48-51-54-57-63(66)69-60-61(70-64(67)58-55-52-49-46-43-40-37-33-30-27-24-21-18-15-12-9-6-3)59-68-62(65)56-53-50-47-44-41-38-35-32-29-26-23-20-17-14-11-8-5-2/h9,12,17-18,20-21,26-27,29-30,37,40,46,49,61H,4-8,10-11,13-16,19,22-25,28,31-36,38-39,41-45,47-48,50-60H2,1-3H3/b12-9-,20-17-,21-18-,29-26-,30-27-,40-37-,49-46-/t61-/m1/s1. The van der Waals surface area contributed by atoms with Gasteiger partial charge in [-0.25, -0.2) is 0 Å². The quantitative estimate of drug-likeness (QED) is 0.0261. The molecule has 0 saturated heterocycles. The molecule has 0 aliphatic rings. The minimum Gasteiger partial charge on any atom is -0.462 e. The predicted octanol–water partition coefficient (Wildman–Crippen LogP) is 19.9. The summed E-state index contributed by atoms with van der Waals surface area (Å²) in [6.07, 6.45) is 75.8. The Hall–Kier alpha value is -3.41. The summed E-state index contributed by atoms with van der Waals surface area (Å²) < 4.78 is 16.8. The van der Waals surface area contributed by atoms with Gasteiger partial charge < -0.3 is 14.2 Å². The molecule has 0 rings (SSSR count). The Labute approximate surface area is 433 Å². The van der Waals surface area contributed by atoms with Crippen LogP contribution in [-0.4, -0.2) is 37.2 Å². The molecule has 0 aliphatic heterocycles. The van der Waals surface area contributed by atoms with Crippen molar-refractivity contribution >= 4 is 17.9 Å². The van der Waals surface area contributed by atoms with Crippen molar-refractivity contribution < 1.29 is 28.6 Å². The van der Waals surface area contributed by atoms with Crippen LogP contribution in [0.3, 0.4) is 0 Å². The Bertz CT molecular complexity index is 1350. The van der Waals surface area contributed by atoms with Crippen molar-refractivity contribution in [1.82, 2.24) is 0 Å². The number of esters is 3. The van der Waals surface area contributed by atoms with E-state index in [-0.39, 0.29) is 37.5 Å². The van der Waals surface area contributed by atoms with E-state index in [9.17, 15) is 14.4 Å². The fraction of sp³-hybridized carbons (Fsp3) is 0.734. The molecule has 0 N–H and O–H groups in total. The van der Waals surface area contributed by atoms with Gasteiger partial charge in [-0.05, 0) is 89.9 Å². The van der Waals surface area contributed by atoms with Crippen molar-refractivity contribution in [2.24, 2.45) is 0 Å². The molecule has 1 atom stereocenters. The highest BCUT2D eigenvalue weighted by molar-refractivity contribution is 5.71. The number of carbonyl (C=O) groups excluding carboxylic acids is 3. The Morgan fingerprint density at radius 3 is 0.943 bits per heavy atom. The molecule has 0 heterocycles. The minimum absolute atomic E-state index is 0.0996. The third kappa shape index (κ3) is 55.5. The average molecular weight is 976 g/mol. The topological polar surface area (TPSA) is 78.9 Å². The highest BCUT2D eigenvalue weighted by Crippen LogP contribution is 2.16. The summed E-state index contributed by atoms with van der Waals surface area (Å²) in [4.78, 5) is 38.2. The largest absolute Gasteiger partial charge is 0.462 e. The first-order valence-corrected chi connectivity index (χ1v) is 29.6. The van der Waals surface area contributed by atoms with Crippen molar-refractivity contribution in [1.29, 1.82) is 0 Å². The zero-order chi connectivity index (χ0) is 50.7. The molecule has 70 heavy (non-hydrogen) atoms. The fourth-order valence-corrected chi connectivity index (χ4v) is 8.22. The number of unbranched alkanes of at least 4 members (excludes halogenated alkanes) is 28. The highest BCUT2D eigenvalue weighted by atomic mass is 16.6. The third-order valence-corrected chi connectivity index (χ3v) is 12.6. The lowest BCUT2D eigenvalue weighted by molar-refractivity contribution is -0.167.